The average Bonchev–Trinajstić information content (AvgIpc) is 3.00. The number of carbonyl (C=O) groups is 1. The van der Waals surface area contributed by atoms with Crippen LogP contribution in [-0.4, -0.2) is 28.9 Å². The molecule has 0 atom stereocenters. The number of thioether (sulfide) groups is 1. The van der Waals surface area contributed by atoms with Crippen molar-refractivity contribution in [3.63, 3.8) is 0 Å². The van der Waals surface area contributed by atoms with Gasteiger partial charge in [-0.3, -0.25) is 4.79 Å². The van der Waals surface area contributed by atoms with E-state index in [0.29, 0.717) is 40.9 Å². The molecule has 0 aliphatic rings. The molecule has 7 heteroatoms. The highest BCUT2D eigenvalue weighted by Crippen LogP contribution is 2.23. The number of thiazole rings is 1. The fraction of sp³-hybridized carbons (Fsp3) is 0.333. The van der Waals surface area contributed by atoms with Gasteiger partial charge in [0.05, 0.1) is 16.8 Å². The predicted octanol–water partition coefficient (Wildman–Crippen LogP) is 5.12. The topological polar surface area (TPSA) is 43.6 Å². The van der Waals surface area contributed by atoms with Gasteiger partial charge in [-0.2, -0.15) is 4.99 Å². The van der Waals surface area contributed by atoms with Crippen LogP contribution in [0.5, 0.6) is 0 Å². The third-order valence-corrected chi connectivity index (χ3v) is 6.04. The number of fused-ring (bicyclic) bond motifs is 1. The highest BCUT2D eigenvalue weighted by Gasteiger charge is 2.12. The second-order valence-corrected chi connectivity index (χ2v) is 9.09. The van der Waals surface area contributed by atoms with Gasteiger partial charge < -0.3 is 9.30 Å². The fourth-order valence-electron chi connectivity index (χ4n) is 2.78. The summed E-state index contributed by atoms with van der Waals surface area (Å²) >= 11 is 3.05. The molecule has 0 saturated carbocycles. The van der Waals surface area contributed by atoms with Gasteiger partial charge in [0.2, 0.25) is 0 Å². The van der Waals surface area contributed by atoms with Crippen molar-refractivity contribution < 1.29 is 13.9 Å². The van der Waals surface area contributed by atoms with Crippen LogP contribution >= 0.6 is 23.1 Å². The standard InChI is InChI=1S/C21H23FN2O2S2/c1-4-26-13-12-24-19-17(22)6-5-7-18(19)28-21(24)23-20(25)15-8-10-16(11-9-15)27-14(2)3/h5-11,14H,4,12-13H2,1-3H3. The monoisotopic (exact) mass is 418 g/mol. The summed E-state index contributed by atoms with van der Waals surface area (Å²) in [4.78, 5) is 18.6. The molecule has 1 amide bonds. The second-order valence-electron chi connectivity index (χ2n) is 6.43. The molecule has 3 aromatic rings. The van der Waals surface area contributed by atoms with Crippen molar-refractivity contribution in [3.8, 4) is 0 Å². The molecule has 0 fully saturated rings. The molecule has 0 N–H and O–H groups in total. The number of amides is 1. The van der Waals surface area contributed by atoms with Crippen LogP contribution in [0.3, 0.4) is 0 Å². The van der Waals surface area contributed by atoms with E-state index in [1.807, 2.05) is 25.1 Å². The molecule has 3 rings (SSSR count). The van der Waals surface area contributed by atoms with Crippen molar-refractivity contribution >= 4 is 39.2 Å². The summed E-state index contributed by atoms with van der Waals surface area (Å²) in [5.74, 6) is -0.660. The summed E-state index contributed by atoms with van der Waals surface area (Å²) in [7, 11) is 0. The Morgan fingerprint density at radius 2 is 2.00 bits per heavy atom. The molecule has 0 unspecified atom stereocenters. The lowest BCUT2D eigenvalue weighted by Crippen LogP contribution is -2.20. The maximum atomic E-state index is 14.4. The minimum atomic E-state index is -0.335. The molecule has 2 aromatic carbocycles. The average molecular weight is 419 g/mol. The van der Waals surface area contributed by atoms with Crippen LogP contribution in [0.1, 0.15) is 31.1 Å². The first-order valence-electron chi connectivity index (χ1n) is 9.21. The van der Waals surface area contributed by atoms with E-state index in [0.717, 1.165) is 9.60 Å². The second kappa shape index (κ2) is 9.49. The SMILES string of the molecule is CCOCCn1c(=NC(=O)c2ccc(SC(C)C)cc2)sc2cccc(F)c21. The smallest absolute Gasteiger partial charge is 0.279 e. The molecule has 0 aliphatic heterocycles. The Balaban J connectivity index is 1.97. The van der Waals surface area contributed by atoms with Crippen LogP contribution < -0.4 is 4.80 Å². The zero-order valence-corrected chi connectivity index (χ0v) is 17.8. The van der Waals surface area contributed by atoms with E-state index >= 15 is 0 Å². The molecule has 1 heterocycles. The number of halogens is 1. The Kier molecular flexibility index (Phi) is 7.04. The van der Waals surface area contributed by atoms with Gasteiger partial charge in [-0.15, -0.1) is 11.8 Å². The lowest BCUT2D eigenvalue weighted by atomic mass is 10.2. The summed E-state index contributed by atoms with van der Waals surface area (Å²) in [6.45, 7) is 7.61. The maximum Gasteiger partial charge on any atom is 0.279 e. The van der Waals surface area contributed by atoms with Crippen molar-refractivity contribution in [1.82, 2.24) is 4.57 Å². The predicted molar refractivity (Wildman–Crippen MR) is 114 cm³/mol. The van der Waals surface area contributed by atoms with Gasteiger partial charge in [0, 0.05) is 28.9 Å². The zero-order chi connectivity index (χ0) is 20.1. The number of hydrogen-bond acceptors (Lipinski definition) is 4. The van der Waals surface area contributed by atoms with Crippen molar-refractivity contribution in [3.05, 3.63) is 58.6 Å². The number of nitrogens with zero attached hydrogens (tertiary/aromatic N) is 2. The first kappa shape index (κ1) is 20.8. The third kappa shape index (κ3) is 4.90. The van der Waals surface area contributed by atoms with E-state index < -0.39 is 0 Å². The molecule has 0 bridgehead atoms. The van der Waals surface area contributed by atoms with Crippen molar-refractivity contribution in [2.24, 2.45) is 4.99 Å². The van der Waals surface area contributed by atoms with Crippen LogP contribution in [0.25, 0.3) is 10.2 Å². The number of para-hydroxylation sites is 1. The van der Waals surface area contributed by atoms with Gasteiger partial charge in [-0.05, 0) is 43.3 Å². The molecular formula is C21H23FN2O2S2. The molecule has 0 aliphatic carbocycles. The first-order valence-corrected chi connectivity index (χ1v) is 10.9. The van der Waals surface area contributed by atoms with E-state index in [2.05, 4.69) is 18.8 Å². The van der Waals surface area contributed by atoms with Crippen LogP contribution in [-0.2, 0) is 11.3 Å². The molecule has 0 spiro atoms. The molecule has 0 radical (unpaired) electrons. The molecule has 0 saturated heterocycles. The molecule has 28 heavy (non-hydrogen) atoms. The summed E-state index contributed by atoms with van der Waals surface area (Å²) in [5.41, 5.74) is 0.977. The third-order valence-electron chi connectivity index (χ3n) is 3.99. The Bertz CT molecular complexity index is 1020. The molecule has 4 nitrogen and oxygen atoms in total. The van der Waals surface area contributed by atoms with Crippen LogP contribution in [0.15, 0.2) is 52.4 Å². The fourth-order valence-corrected chi connectivity index (χ4v) is 4.69. The number of hydrogen-bond donors (Lipinski definition) is 0. The van der Waals surface area contributed by atoms with E-state index in [9.17, 15) is 9.18 Å². The summed E-state index contributed by atoms with van der Waals surface area (Å²) < 4.78 is 22.3. The Morgan fingerprint density at radius 1 is 1.25 bits per heavy atom. The van der Waals surface area contributed by atoms with Crippen molar-refractivity contribution in [2.75, 3.05) is 13.2 Å². The summed E-state index contributed by atoms with van der Waals surface area (Å²) in [6, 6.07) is 12.4. The minimum Gasteiger partial charge on any atom is -0.380 e. The quantitative estimate of drug-likeness (QED) is 0.395. The molecule has 1 aromatic heterocycles. The van der Waals surface area contributed by atoms with Crippen molar-refractivity contribution in [1.29, 1.82) is 0 Å². The van der Waals surface area contributed by atoms with Gasteiger partial charge in [0.25, 0.3) is 5.91 Å². The van der Waals surface area contributed by atoms with Gasteiger partial charge in [0.15, 0.2) is 4.80 Å². The van der Waals surface area contributed by atoms with E-state index in [4.69, 9.17) is 4.74 Å². The summed E-state index contributed by atoms with van der Waals surface area (Å²) in [5, 5.41) is 0.476. The van der Waals surface area contributed by atoms with Gasteiger partial charge in [-0.25, -0.2) is 4.39 Å². The molecular weight excluding hydrogens is 395 g/mol. The Morgan fingerprint density at radius 3 is 2.68 bits per heavy atom. The Labute approximate surface area is 172 Å². The number of aromatic nitrogens is 1. The zero-order valence-electron chi connectivity index (χ0n) is 16.1. The van der Waals surface area contributed by atoms with Crippen LogP contribution in [0, 0.1) is 5.82 Å². The van der Waals surface area contributed by atoms with E-state index in [1.54, 1.807) is 34.5 Å². The highest BCUT2D eigenvalue weighted by molar-refractivity contribution is 7.99. The van der Waals surface area contributed by atoms with Gasteiger partial charge >= 0.3 is 0 Å². The lowest BCUT2D eigenvalue weighted by Gasteiger charge is -2.06. The largest absolute Gasteiger partial charge is 0.380 e. The van der Waals surface area contributed by atoms with Crippen LogP contribution in [0.4, 0.5) is 4.39 Å². The van der Waals surface area contributed by atoms with Gasteiger partial charge in [0.1, 0.15) is 5.82 Å². The maximum absolute atomic E-state index is 14.4. The number of carbonyl (C=O) groups excluding carboxylic acids is 1. The lowest BCUT2D eigenvalue weighted by molar-refractivity contribution is 0.0996. The molecule has 148 valence electrons. The number of ether oxygens (including phenoxy) is 1. The van der Waals surface area contributed by atoms with Gasteiger partial charge in [-0.1, -0.05) is 31.3 Å². The van der Waals surface area contributed by atoms with Crippen LogP contribution in [0.2, 0.25) is 0 Å². The Hall–Kier alpha value is -1.96. The normalized spacial score (nSPS) is 12.2. The van der Waals surface area contributed by atoms with E-state index in [1.165, 1.54) is 17.4 Å². The highest BCUT2D eigenvalue weighted by atomic mass is 32.2. The summed E-state index contributed by atoms with van der Waals surface area (Å²) in [6.07, 6.45) is 0. The minimum absolute atomic E-state index is 0.325. The number of rotatable bonds is 7. The van der Waals surface area contributed by atoms with Crippen molar-refractivity contribution in [2.45, 2.75) is 37.5 Å². The van der Waals surface area contributed by atoms with E-state index in [-0.39, 0.29) is 11.7 Å². The first-order chi connectivity index (χ1) is 13.5. The number of benzene rings is 2.